The summed E-state index contributed by atoms with van der Waals surface area (Å²) >= 11 is 0. The summed E-state index contributed by atoms with van der Waals surface area (Å²) in [5, 5.41) is 3.37. The van der Waals surface area contributed by atoms with Gasteiger partial charge in [-0.15, -0.1) is 0 Å². The number of nitrogens with one attached hydrogen (secondary N) is 1. The Morgan fingerprint density at radius 1 is 1.00 bits per heavy atom. The van der Waals surface area contributed by atoms with E-state index in [0.29, 0.717) is 6.04 Å². The first-order chi connectivity index (χ1) is 8.58. The molecule has 0 fully saturated rings. The molecule has 3 N–H and O–H groups in total. The second-order valence-electron chi connectivity index (χ2n) is 4.93. The monoisotopic (exact) mass is 240 g/mol. The van der Waals surface area contributed by atoms with Gasteiger partial charge in [0.1, 0.15) is 0 Å². The van der Waals surface area contributed by atoms with Crippen molar-refractivity contribution >= 4 is 11.4 Å². The fraction of sp³-hybridized carbons (Fsp3) is 0.250. The molecule has 0 atom stereocenters. The maximum absolute atomic E-state index is 6.24. The summed E-state index contributed by atoms with van der Waals surface area (Å²) in [6.07, 6.45) is 0. The lowest BCUT2D eigenvalue weighted by molar-refractivity contribution is 0.900. The Hall–Kier alpha value is -1.96. The molecule has 18 heavy (non-hydrogen) atoms. The molecule has 0 saturated carbocycles. The molecule has 2 rings (SSSR count). The molecule has 2 nitrogen and oxygen atoms in total. The highest BCUT2D eigenvalue weighted by atomic mass is 14.9. The second-order valence-corrected chi connectivity index (χ2v) is 4.93. The van der Waals surface area contributed by atoms with Crippen LogP contribution < -0.4 is 11.1 Å². The average molecular weight is 240 g/mol. The zero-order valence-corrected chi connectivity index (χ0v) is 11.2. The molecule has 0 saturated heterocycles. The van der Waals surface area contributed by atoms with E-state index in [1.165, 1.54) is 5.56 Å². The third kappa shape index (κ3) is 2.65. The maximum atomic E-state index is 6.24. The van der Waals surface area contributed by atoms with E-state index in [1.54, 1.807) is 0 Å². The third-order valence-corrected chi connectivity index (χ3v) is 2.91. The van der Waals surface area contributed by atoms with E-state index in [9.17, 15) is 0 Å². The predicted octanol–water partition coefficient (Wildman–Crippen LogP) is 4.06. The largest absolute Gasteiger partial charge is 0.397 e. The molecule has 2 aromatic rings. The SMILES string of the molecule is Cc1ccc(-c2cccc(NC(C)C)c2N)cc1. The molecule has 0 amide bonds. The Balaban J connectivity index is 2.42. The summed E-state index contributed by atoms with van der Waals surface area (Å²) in [4.78, 5) is 0. The van der Waals surface area contributed by atoms with E-state index in [0.717, 1.165) is 22.5 Å². The van der Waals surface area contributed by atoms with Crippen LogP contribution in [0.4, 0.5) is 11.4 Å². The molecular weight excluding hydrogens is 220 g/mol. The molecule has 0 spiro atoms. The van der Waals surface area contributed by atoms with Crippen LogP contribution >= 0.6 is 0 Å². The van der Waals surface area contributed by atoms with Gasteiger partial charge in [0, 0.05) is 11.6 Å². The Bertz CT molecular complexity index is 527. The number of hydrogen-bond donors (Lipinski definition) is 2. The highest BCUT2D eigenvalue weighted by molar-refractivity contribution is 5.85. The van der Waals surface area contributed by atoms with Crippen molar-refractivity contribution in [3.05, 3.63) is 48.0 Å². The topological polar surface area (TPSA) is 38.0 Å². The lowest BCUT2D eigenvalue weighted by Crippen LogP contribution is -2.11. The van der Waals surface area contributed by atoms with Crippen LogP contribution in [0.2, 0.25) is 0 Å². The van der Waals surface area contributed by atoms with Gasteiger partial charge in [-0.3, -0.25) is 0 Å². The summed E-state index contributed by atoms with van der Waals surface area (Å²) in [5.74, 6) is 0. The van der Waals surface area contributed by atoms with Crippen LogP contribution in [0.15, 0.2) is 42.5 Å². The number of nitrogen functional groups attached to an aromatic ring is 1. The van der Waals surface area contributed by atoms with Crippen LogP contribution in [0.1, 0.15) is 19.4 Å². The molecule has 0 heterocycles. The molecule has 2 heteroatoms. The van der Waals surface area contributed by atoms with Crippen molar-refractivity contribution in [2.24, 2.45) is 0 Å². The van der Waals surface area contributed by atoms with E-state index in [2.05, 4.69) is 56.4 Å². The number of rotatable bonds is 3. The van der Waals surface area contributed by atoms with Crippen LogP contribution in [0.3, 0.4) is 0 Å². The number of aryl methyl sites for hydroxylation is 1. The smallest absolute Gasteiger partial charge is 0.0629 e. The van der Waals surface area contributed by atoms with Crippen LogP contribution in [-0.4, -0.2) is 6.04 Å². The van der Waals surface area contributed by atoms with Crippen molar-refractivity contribution < 1.29 is 0 Å². The van der Waals surface area contributed by atoms with Crippen molar-refractivity contribution in [3.63, 3.8) is 0 Å². The number of anilines is 2. The molecule has 0 aliphatic carbocycles. The van der Waals surface area contributed by atoms with Gasteiger partial charge in [0.25, 0.3) is 0 Å². The first-order valence-electron chi connectivity index (χ1n) is 6.30. The molecule has 2 aromatic carbocycles. The Labute approximate surface area is 109 Å². The van der Waals surface area contributed by atoms with Crippen molar-refractivity contribution in [1.82, 2.24) is 0 Å². The molecule has 0 aliphatic rings. The predicted molar refractivity (Wildman–Crippen MR) is 79.8 cm³/mol. The Kier molecular flexibility index (Phi) is 3.56. The Morgan fingerprint density at radius 3 is 2.28 bits per heavy atom. The van der Waals surface area contributed by atoms with Gasteiger partial charge in [-0.2, -0.15) is 0 Å². The van der Waals surface area contributed by atoms with Crippen LogP contribution in [0.25, 0.3) is 11.1 Å². The Morgan fingerprint density at radius 2 is 1.67 bits per heavy atom. The fourth-order valence-corrected chi connectivity index (χ4v) is 1.99. The van der Waals surface area contributed by atoms with Crippen LogP contribution in [0.5, 0.6) is 0 Å². The van der Waals surface area contributed by atoms with E-state index < -0.39 is 0 Å². The van der Waals surface area contributed by atoms with E-state index in [1.807, 2.05) is 12.1 Å². The fourth-order valence-electron chi connectivity index (χ4n) is 1.99. The zero-order chi connectivity index (χ0) is 13.1. The number of nitrogens with two attached hydrogens (primary N) is 1. The zero-order valence-electron chi connectivity index (χ0n) is 11.2. The molecule has 0 unspecified atom stereocenters. The van der Waals surface area contributed by atoms with Gasteiger partial charge in [-0.25, -0.2) is 0 Å². The highest BCUT2D eigenvalue weighted by Crippen LogP contribution is 2.32. The maximum Gasteiger partial charge on any atom is 0.0629 e. The van der Waals surface area contributed by atoms with E-state index in [4.69, 9.17) is 5.73 Å². The second kappa shape index (κ2) is 5.13. The minimum absolute atomic E-state index is 0.376. The number of para-hydroxylation sites is 1. The minimum atomic E-state index is 0.376. The summed E-state index contributed by atoms with van der Waals surface area (Å²) in [6.45, 7) is 6.31. The van der Waals surface area contributed by atoms with Gasteiger partial charge < -0.3 is 11.1 Å². The first-order valence-corrected chi connectivity index (χ1v) is 6.30. The van der Waals surface area contributed by atoms with Gasteiger partial charge in [0.05, 0.1) is 11.4 Å². The first kappa shape index (κ1) is 12.5. The molecule has 0 aromatic heterocycles. The van der Waals surface area contributed by atoms with Crippen molar-refractivity contribution in [3.8, 4) is 11.1 Å². The summed E-state index contributed by atoms with van der Waals surface area (Å²) in [5.41, 5.74) is 11.6. The van der Waals surface area contributed by atoms with Crippen LogP contribution in [0, 0.1) is 6.92 Å². The minimum Gasteiger partial charge on any atom is -0.397 e. The van der Waals surface area contributed by atoms with Crippen molar-refractivity contribution in [2.75, 3.05) is 11.1 Å². The summed E-state index contributed by atoms with van der Waals surface area (Å²) in [7, 11) is 0. The summed E-state index contributed by atoms with van der Waals surface area (Å²) in [6, 6.07) is 14.9. The van der Waals surface area contributed by atoms with E-state index in [-0.39, 0.29) is 0 Å². The van der Waals surface area contributed by atoms with Gasteiger partial charge in [-0.05, 0) is 32.4 Å². The number of benzene rings is 2. The lowest BCUT2D eigenvalue weighted by Gasteiger charge is -2.15. The number of hydrogen-bond acceptors (Lipinski definition) is 2. The normalized spacial score (nSPS) is 10.7. The molecule has 0 aliphatic heterocycles. The van der Waals surface area contributed by atoms with Gasteiger partial charge >= 0.3 is 0 Å². The molecule has 0 bridgehead atoms. The highest BCUT2D eigenvalue weighted by Gasteiger charge is 2.07. The molecule has 0 radical (unpaired) electrons. The molecular formula is C16H20N2. The lowest BCUT2D eigenvalue weighted by atomic mass is 10.0. The molecule has 94 valence electrons. The average Bonchev–Trinajstić information content (AvgIpc) is 2.33. The van der Waals surface area contributed by atoms with Crippen molar-refractivity contribution in [1.29, 1.82) is 0 Å². The third-order valence-electron chi connectivity index (χ3n) is 2.91. The standard InChI is InChI=1S/C16H20N2/c1-11(2)18-15-6-4-5-14(16(15)17)13-9-7-12(3)8-10-13/h4-11,18H,17H2,1-3H3. The van der Waals surface area contributed by atoms with Gasteiger partial charge in [0.15, 0.2) is 0 Å². The van der Waals surface area contributed by atoms with E-state index >= 15 is 0 Å². The summed E-state index contributed by atoms with van der Waals surface area (Å²) < 4.78 is 0. The van der Waals surface area contributed by atoms with Crippen LogP contribution in [-0.2, 0) is 0 Å². The van der Waals surface area contributed by atoms with Gasteiger partial charge in [-0.1, -0.05) is 42.0 Å². The van der Waals surface area contributed by atoms with Crippen molar-refractivity contribution in [2.45, 2.75) is 26.8 Å². The quantitative estimate of drug-likeness (QED) is 0.794. The van der Waals surface area contributed by atoms with Gasteiger partial charge in [0.2, 0.25) is 0 Å².